The molecule has 1 heterocycles. The first kappa shape index (κ1) is 28.9. The van der Waals surface area contributed by atoms with Gasteiger partial charge in [-0.1, -0.05) is 18.6 Å². The van der Waals surface area contributed by atoms with Crippen molar-refractivity contribution in [2.45, 2.75) is 32.2 Å². The van der Waals surface area contributed by atoms with Crippen LogP contribution >= 0.6 is 0 Å². The van der Waals surface area contributed by atoms with Crippen LogP contribution in [0.25, 0.3) is 0 Å². The molecule has 5 rings (SSSR count). The van der Waals surface area contributed by atoms with E-state index in [9.17, 15) is 18.8 Å². The van der Waals surface area contributed by atoms with Crippen LogP contribution in [-0.4, -0.2) is 56.0 Å². The van der Waals surface area contributed by atoms with Crippen LogP contribution < -0.4 is 25.6 Å². The van der Waals surface area contributed by atoms with Crippen LogP contribution in [-0.2, 0) is 11.3 Å². The number of urea groups is 1. The standard InChI is InChI=1S/C32H36FN5O4/c1-42-27-13-10-25(11-14-27)36-32(41)38-17-3-16-37(18-19-38)29-15-12-26(35-30(39)23-4-2-5-23)20-28(29)31(40)34-21-22-6-8-24(33)9-7-22/h6-15,20,23H,2-5,16-19,21H2,1H3,(H,34,40)(H,35,39)(H,36,41). The molecule has 10 heteroatoms. The van der Waals surface area contributed by atoms with Crippen molar-refractivity contribution in [2.75, 3.05) is 48.8 Å². The van der Waals surface area contributed by atoms with E-state index in [1.54, 1.807) is 54.5 Å². The molecule has 2 aliphatic rings. The second kappa shape index (κ2) is 13.4. The topological polar surface area (TPSA) is 103 Å². The van der Waals surface area contributed by atoms with Crippen molar-refractivity contribution in [3.63, 3.8) is 0 Å². The summed E-state index contributed by atoms with van der Waals surface area (Å²) in [6, 6.07) is 18.4. The number of anilines is 3. The number of hydrogen-bond donors (Lipinski definition) is 3. The number of carbonyl (C=O) groups is 3. The average molecular weight is 574 g/mol. The van der Waals surface area contributed by atoms with E-state index in [-0.39, 0.29) is 36.1 Å². The minimum Gasteiger partial charge on any atom is -0.497 e. The number of halogens is 1. The van der Waals surface area contributed by atoms with Crippen molar-refractivity contribution in [2.24, 2.45) is 5.92 Å². The van der Waals surface area contributed by atoms with Gasteiger partial charge in [-0.05, 0) is 79.4 Å². The number of ether oxygens (including phenoxy) is 1. The van der Waals surface area contributed by atoms with E-state index in [1.165, 1.54) is 12.1 Å². The number of methoxy groups -OCH3 is 1. The summed E-state index contributed by atoms with van der Waals surface area (Å²) in [6.45, 7) is 2.45. The molecule has 4 amide bonds. The number of rotatable bonds is 8. The van der Waals surface area contributed by atoms with Gasteiger partial charge in [0.25, 0.3) is 5.91 Å². The van der Waals surface area contributed by atoms with Gasteiger partial charge in [-0.3, -0.25) is 9.59 Å². The first-order chi connectivity index (χ1) is 20.4. The fourth-order valence-corrected chi connectivity index (χ4v) is 5.10. The Hall–Kier alpha value is -4.60. The summed E-state index contributed by atoms with van der Waals surface area (Å²) in [5.41, 5.74) is 3.18. The lowest BCUT2D eigenvalue weighted by atomic mass is 9.85. The van der Waals surface area contributed by atoms with Gasteiger partial charge in [-0.15, -0.1) is 0 Å². The van der Waals surface area contributed by atoms with Gasteiger partial charge in [0.15, 0.2) is 0 Å². The number of hydrogen-bond acceptors (Lipinski definition) is 5. The Morgan fingerprint density at radius 3 is 2.29 bits per heavy atom. The van der Waals surface area contributed by atoms with Gasteiger partial charge >= 0.3 is 6.03 Å². The highest BCUT2D eigenvalue weighted by Gasteiger charge is 2.27. The number of nitrogens with zero attached hydrogens (tertiary/aromatic N) is 2. The highest BCUT2D eigenvalue weighted by atomic mass is 19.1. The first-order valence-corrected chi connectivity index (χ1v) is 14.3. The molecule has 1 saturated heterocycles. The predicted molar refractivity (Wildman–Crippen MR) is 160 cm³/mol. The number of amides is 4. The highest BCUT2D eigenvalue weighted by molar-refractivity contribution is 6.02. The fraction of sp³-hybridized carbons (Fsp3) is 0.344. The van der Waals surface area contributed by atoms with Crippen LogP contribution in [0.4, 0.5) is 26.2 Å². The summed E-state index contributed by atoms with van der Waals surface area (Å²) in [4.78, 5) is 43.0. The molecule has 0 atom stereocenters. The van der Waals surface area contributed by atoms with Gasteiger partial charge in [-0.2, -0.15) is 0 Å². The molecule has 2 fully saturated rings. The van der Waals surface area contributed by atoms with Crippen molar-refractivity contribution < 1.29 is 23.5 Å². The van der Waals surface area contributed by atoms with Crippen LogP contribution in [0.2, 0.25) is 0 Å². The average Bonchev–Trinajstić information content (AvgIpc) is 3.23. The minimum atomic E-state index is -0.338. The maximum atomic E-state index is 13.5. The van der Waals surface area contributed by atoms with E-state index >= 15 is 0 Å². The maximum Gasteiger partial charge on any atom is 0.321 e. The smallest absolute Gasteiger partial charge is 0.321 e. The zero-order chi connectivity index (χ0) is 29.5. The van der Waals surface area contributed by atoms with Gasteiger partial charge < -0.3 is 30.5 Å². The first-order valence-electron chi connectivity index (χ1n) is 14.3. The van der Waals surface area contributed by atoms with Crippen LogP contribution in [0.5, 0.6) is 5.75 Å². The van der Waals surface area contributed by atoms with E-state index in [1.807, 2.05) is 12.1 Å². The Balaban J connectivity index is 1.29. The third-order valence-electron chi connectivity index (χ3n) is 7.82. The Morgan fingerprint density at radius 2 is 1.60 bits per heavy atom. The minimum absolute atomic E-state index is 0.0149. The fourth-order valence-electron chi connectivity index (χ4n) is 5.10. The molecule has 0 radical (unpaired) electrons. The van der Waals surface area contributed by atoms with Gasteiger partial charge in [-0.25, -0.2) is 9.18 Å². The van der Waals surface area contributed by atoms with Crippen molar-refractivity contribution in [1.29, 1.82) is 0 Å². The molecule has 1 aliphatic carbocycles. The molecule has 0 spiro atoms. The molecule has 0 aromatic heterocycles. The third kappa shape index (κ3) is 7.18. The molecule has 0 bridgehead atoms. The molecule has 9 nitrogen and oxygen atoms in total. The molecule has 42 heavy (non-hydrogen) atoms. The van der Waals surface area contributed by atoms with Crippen molar-refractivity contribution in [3.8, 4) is 5.75 Å². The summed E-state index contributed by atoms with van der Waals surface area (Å²) in [5, 5.41) is 8.84. The van der Waals surface area contributed by atoms with Crippen LogP contribution in [0.15, 0.2) is 66.7 Å². The lowest BCUT2D eigenvalue weighted by molar-refractivity contribution is -0.122. The molecule has 1 aliphatic heterocycles. The zero-order valence-electron chi connectivity index (χ0n) is 23.7. The van der Waals surface area contributed by atoms with Crippen molar-refractivity contribution in [1.82, 2.24) is 10.2 Å². The molecule has 1 saturated carbocycles. The summed E-state index contributed by atoms with van der Waals surface area (Å²) < 4.78 is 18.5. The second-order valence-electron chi connectivity index (χ2n) is 10.6. The Morgan fingerprint density at radius 1 is 0.857 bits per heavy atom. The third-order valence-corrected chi connectivity index (χ3v) is 7.82. The maximum absolute atomic E-state index is 13.5. The monoisotopic (exact) mass is 573 g/mol. The molecule has 3 N–H and O–H groups in total. The Labute approximate surface area is 245 Å². The van der Waals surface area contributed by atoms with Gasteiger partial charge in [0.05, 0.1) is 12.7 Å². The lowest BCUT2D eigenvalue weighted by Gasteiger charge is -2.27. The lowest BCUT2D eigenvalue weighted by Crippen LogP contribution is -2.38. The van der Waals surface area contributed by atoms with Gasteiger partial charge in [0.2, 0.25) is 5.91 Å². The summed E-state index contributed by atoms with van der Waals surface area (Å²) >= 11 is 0. The Bertz CT molecular complexity index is 1410. The number of carbonyl (C=O) groups excluding carboxylic acids is 3. The molecule has 3 aromatic rings. The van der Waals surface area contributed by atoms with E-state index in [4.69, 9.17) is 4.74 Å². The van der Waals surface area contributed by atoms with E-state index in [0.717, 1.165) is 30.5 Å². The summed E-state index contributed by atoms with van der Waals surface area (Å²) in [7, 11) is 1.59. The highest BCUT2D eigenvalue weighted by Crippen LogP contribution is 2.30. The molecule has 3 aromatic carbocycles. The number of nitrogens with one attached hydrogen (secondary N) is 3. The molecular weight excluding hydrogens is 537 g/mol. The zero-order valence-corrected chi connectivity index (χ0v) is 23.7. The van der Waals surface area contributed by atoms with Gasteiger partial charge in [0, 0.05) is 55.7 Å². The number of benzene rings is 3. The van der Waals surface area contributed by atoms with Crippen molar-refractivity contribution >= 4 is 34.9 Å². The van der Waals surface area contributed by atoms with Gasteiger partial charge in [0.1, 0.15) is 11.6 Å². The van der Waals surface area contributed by atoms with E-state index in [2.05, 4.69) is 20.9 Å². The van der Waals surface area contributed by atoms with Crippen molar-refractivity contribution in [3.05, 3.63) is 83.7 Å². The molecule has 220 valence electrons. The Kier molecular flexibility index (Phi) is 9.21. The quantitative estimate of drug-likeness (QED) is 0.342. The second-order valence-corrected chi connectivity index (χ2v) is 10.6. The molecular formula is C32H36FN5O4. The van der Waals surface area contributed by atoms with E-state index in [0.29, 0.717) is 55.3 Å². The predicted octanol–water partition coefficient (Wildman–Crippen LogP) is 5.25. The normalized spacial score (nSPS) is 15.3. The summed E-state index contributed by atoms with van der Waals surface area (Å²) in [6.07, 6.45) is 3.53. The molecule has 0 unspecified atom stereocenters. The van der Waals surface area contributed by atoms with E-state index < -0.39 is 0 Å². The van der Waals surface area contributed by atoms with Crippen LogP contribution in [0.3, 0.4) is 0 Å². The summed E-state index contributed by atoms with van der Waals surface area (Å²) in [5.74, 6) is 0.0631. The van der Waals surface area contributed by atoms with Crippen LogP contribution in [0, 0.1) is 11.7 Å². The SMILES string of the molecule is COc1ccc(NC(=O)N2CCCN(c3ccc(NC(=O)C4CCC4)cc3C(=O)NCc3ccc(F)cc3)CC2)cc1. The largest absolute Gasteiger partial charge is 0.497 e. The van der Waals surface area contributed by atoms with Crippen LogP contribution in [0.1, 0.15) is 41.6 Å².